The summed E-state index contributed by atoms with van der Waals surface area (Å²) in [6, 6.07) is 11.2. The first kappa shape index (κ1) is 9.30. The van der Waals surface area contributed by atoms with Gasteiger partial charge in [0.25, 0.3) is 0 Å². The van der Waals surface area contributed by atoms with Gasteiger partial charge in [0.1, 0.15) is 5.01 Å². The lowest BCUT2D eigenvalue weighted by atomic mass is 10.2. The second-order valence-corrected chi connectivity index (χ2v) is 4.37. The van der Waals surface area contributed by atoms with E-state index in [1.165, 1.54) is 11.3 Å². The third-order valence-electron chi connectivity index (χ3n) is 2.36. The molecule has 0 spiro atoms. The van der Waals surface area contributed by atoms with Crippen molar-refractivity contribution in [2.45, 2.75) is 0 Å². The van der Waals surface area contributed by atoms with Gasteiger partial charge in [-0.15, -0.1) is 0 Å². The molecule has 0 atom stereocenters. The summed E-state index contributed by atoms with van der Waals surface area (Å²) in [4.78, 5) is 19.4. The highest BCUT2D eigenvalue weighted by Crippen LogP contribution is 2.19. The van der Waals surface area contributed by atoms with Crippen molar-refractivity contribution in [3.8, 4) is 10.7 Å². The topological polar surface area (TPSA) is 45.8 Å². The fraction of sp³-hybridized carbons (Fsp3) is 0. The summed E-state index contributed by atoms with van der Waals surface area (Å²) < 4.78 is 0.0511. The molecule has 0 saturated carbocycles. The van der Waals surface area contributed by atoms with Gasteiger partial charge in [-0.05, 0) is 24.3 Å². The average Bonchev–Trinajstić information content (AvgIpc) is 2.82. The zero-order chi connectivity index (χ0) is 11.0. The summed E-state index contributed by atoms with van der Waals surface area (Å²) in [5.41, 5.74) is 1.63. The van der Waals surface area contributed by atoms with Gasteiger partial charge < -0.3 is 4.98 Å². The van der Waals surface area contributed by atoms with E-state index in [4.69, 9.17) is 0 Å². The molecule has 4 heteroatoms. The van der Waals surface area contributed by atoms with Crippen LogP contribution in [0.15, 0.2) is 47.4 Å². The van der Waals surface area contributed by atoms with Crippen LogP contribution in [0.2, 0.25) is 0 Å². The highest BCUT2D eigenvalue weighted by molar-refractivity contribution is 7.13. The molecule has 0 radical (unpaired) electrons. The first-order valence-corrected chi connectivity index (χ1v) is 5.70. The molecule has 0 fully saturated rings. The predicted octanol–water partition coefficient (Wildman–Crippen LogP) is 2.65. The van der Waals surface area contributed by atoms with E-state index in [-0.39, 0.29) is 4.74 Å². The van der Waals surface area contributed by atoms with Gasteiger partial charge >= 0.3 is 0 Å². The van der Waals surface area contributed by atoms with Gasteiger partial charge in [0.15, 0.2) is 0 Å². The van der Waals surface area contributed by atoms with Crippen LogP contribution < -0.4 is 4.74 Å². The van der Waals surface area contributed by atoms with Crippen molar-refractivity contribution in [2.24, 2.45) is 0 Å². The van der Waals surface area contributed by atoms with Gasteiger partial charge in [-0.25, -0.2) is 4.98 Å². The van der Waals surface area contributed by atoms with Gasteiger partial charge in [-0.1, -0.05) is 23.5 Å². The maximum atomic E-state index is 11.9. The highest BCUT2D eigenvalue weighted by Gasteiger charge is 2.06. The Bertz CT molecular complexity index is 686. The molecule has 1 aromatic carbocycles. The van der Waals surface area contributed by atoms with Crippen molar-refractivity contribution in [1.29, 1.82) is 0 Å². The Morgan fingerprint density at radius 3 is 2.81 bits per heavy atom. The summed E-state index contributed by atoms with van der Waals surface area (Å²) >= 11 is 1.17. The number of hydrogen-bond acceptors (Lipinski definition) is 3. The normalized spacial score (nSPS) is 10.8. The monoisotopic (exact) mass is 228 g/mol. The van der Waals surface area contributed by atoms with Crippen molar-refractivity contribution in [3.63, 3.8) is 0 Å². The zero-order valence-corrected chi connectivity index (χ0v) is 9.12. The molecule has 1 N–H and O–H groups in total. The molecule has 2 aromatic heterocycles. The smallest absolute Gasteiger partial charge is 0.243 e. The van der Waals surface area contributed by atoms with E-state index in [1.54, 1.807) is 6.07 Å². The van der Waals surface area contributed by atoms with Gasteiger partial charge in [0, 0.05) is 6.20 Å². The molecule has 0 unspecified atom stereocenters. The van der Waals surface area contributed by atoms with Crippen LogP contribution in [0.4, 0.5) is 0 Å². The predicted molar refractivity (Wildman–Crippen MR) is 65.7 cm³/mol. The van der Waals surface area contributed by atoms with Crippen LogP contribution in [0.3, 0.4) is 0 Å². The molecule has 0 bridgehead atoms. The van der Waals surface area contributed by atoms with Crippen LogP contribution in [0, 0.1) is 0 Å². The lowest BCUT2D eigenvalue weighted by Crippen LogP contribution is -1.98. The van der Waals surface area contributed by atoms with Crippen molar-refractivity contribution < 1.29 is 0 Å². The lowest BCUT2D eigenvalue weighted by molar-refractivity contribution is 1.36. The van der Waals surface area contributed by atoms with E-state index in [0.717, 1.165) is 16.2 Å². The number of fused-ring (bicyclic) bond motifs is 1. The number of hydrogen-bond donors (Lipinski definition) is 1. The van der Waals surface area contributed by atoms with E-state index in [0.29, 0.717) is 5.39 Å². The number of benzene rings is 1. The summed E-state index contributed by atoms with van der Waals surface area (Å²) in [7, 11) is 0. The summed E-state index contributed by atoms with van der Waals surface area (Å²) in [6.45, 7) is 0. The van der Waals surface area contributed by atoms with Crippen LogP contribution in [-0.4, -0.2) is 9.97 Å². The lowest BCUT2D eigenvalue weighted by Gasteiger charge is -1.98. The minimum absolute atomic E-state index is 0.0511. The van der Waals surface area contributed by atoms with E-state index in [9.17, 15) is 4.79 Å². The third kappa shape index (κ3) is 1.44. The maximum absolute atomic E-state index is 11.9. The van der Waals surface area contributed by atoms with Crippen LogP contribution >= 0.6 is 11.3 Å². The fourth-order valence-corrected chi connectivity index (χ4v) is 2.44. The Hall–Kier alpha value is -1.94. The minimum Gasteiger partial charge on any atom is -0.359 e. The number of aromatic amines is 1. The number of rotatable bonds is 1. The third-order valence-corrected chi connectivity index (χ3v) is 3.27. The average molecular weight is 228 g/mol. The maximum Gasteiger partial charge on any atom is 0.243 e. The molecule has 0 amide bonds. The van der Waals surface area contributed by atoms with Gasteiger partial charge in [0.2, 0.25) is 4.74 Å². The zero-order valence-electron chi connectivity index (χ0n) is 8.31. The Morgan fingerprint density at radius 2 is 2.00 bits per heavy atom. The van der Waals surface area contributed by atoms with E-state index >= 15 is 0 Å². The molecule has 3 aromatic rings. The molecule has 0 aliphatic rings. The van der Waals surface area contributed by atoms with Crippen molar-refractivity contribution in [1.82, 2.24) is 9.97 Å². The number of H-pyrrole nitrogens is 1. The number of nitrogens with zero attached hydrogens (tertiary/aromatic N) is 1. The standard InChI is InChI=1S/C12H8N2OS/c15-12-8-4-1-2-5-9(8)14-11(16-12)10-6-3-7-13-10/h1-7,13H. The fourth-order valence-electron chi connectivity index (χ4n) is 1.60. The highest BCUT2D eigenvalue weighted by atomic mass is 32.1. The molecule has 0 saturated heterocycles. The molecule has 3 rings (SSSR count). The first-order chi connectivity index (χ1) is 7.84. The van der Waals surface area contributed by atoms with Crippen LogP contribution in [-0.2, 0) is 0 Å². The molecular weight excluding hydrogens is 220 g/mol. The largest absolute Gasteiger partial charge is 0.359 e. The number of nitrogens with one attached hydrogen (secondary N) is 1. The van der Waals surface area contributed by atoms with E-state index in [1.807, 2.05) is 36.5 Å². The van der Waals surface area contributed by atoms with Crippen molar-refractivity contribution in [3.05, 3.63) is 52.1 Å². The Kier molecular flexibility index (Phi) is 2.08. The summed E-state index contributed by atoms with van der Waals surface area (Å²) in [6.07, 6.45) is 1.82. The number of para-hydroxylation sites is 1. The molecule has 78 valence electrons. The number of aromatic nitrogens is 2. The first-order valence-electron chi connectivity index (χ1n) is 4.88. The Morgan fingerprint density at radius 1 is 1.12 bits per heavy atom. The van der Waals surface area contributed by atoms with Crippen molar-refractivity contribution >= 4 is 22.2 Å². The van der Waals surface area contributed by atoms with Crippen LogP contribution in [0.1, 0.15) is 0 Å². The van der Waals surface area contributed by atoms with Gasteiger partial charge in [-0.2, -0.15) is 0 Å². The van der Waals surface area contributed by atoms with Crippen LogP contribution in [0.25, 0.3) is 21.6 Å². The minimum atomic E-state index is 0.0511. The summed E-state index contributed by atoms with van der Waals surface area (Å²) in [5, 5.41) is 1.41. The van der Waals surface area contributed by atoms with Crippen LogP contribution in [0.5, 0.6) is 0 Å². The Labute approximate surface area is 95.4 Å². The van der Waals surface area contributed by atoms with Crippen molar-refractivity contribution in [2.75, 3.05) is 0 Å². The molecule has 3 nitrogen and oxygen atoms in total. The Balaban J connectivity index is 2.34. The molecular formula is C12H8N2OS. The quantitative estimate of drug-likeness (QED) is 0.696. The van der Waals surface area contributed by atoms with Gasteiger partial charge in [0.05, 0.1) is 16.6 Å². The molecule has 2 heterocycles. The molecule has 16 heavy (non-hydrogen) atoms. The van der Waals surface area contributed by atoms with E-state index < -0.39 is 0 Å². The van der Waals surface area contributed by atoms with E-state index in [2.05, 4.69) is 9.97 Å². The SMILES string of the molecule is O=c1sc(-c2ccc[nH]2)nc2ccccc12. The second kappa shape index (κ2) is 3.57. The molecule has 0 aliphatic heterocycles. The molecule has 0 aliphatic carbocycles. The second-order valence-electron chi connectivity index (χ2n) is 3.41. The van der Waals surface area contributed by atoms with Gasteiger partial charge in [-0.3, -0.25) is 4.79 Å². The summed E-state index contributed by atoms with van der Waals surface area (Å²) in [5.74, 6) is 0.